The number of hydrogen-bond donors (Lipinski definition) is 1. The first kappa shape index (κ1) is 21.7. The highest BCUT2D eigenvalue weighted by Crippen LogP contribution is 2.40. The topological polar surface area (TPSA) is 61.4 Å². The molecule has 6 nitrogen and oxygen atoms in total. The largest absolute Gasteiger partial charge is 0.416 e. The first-order valence-corrected chi connectivity index (χ1v) is 10.9. The number of likely N-dealkylation sites (N-methyl/N-ethyl adjacent to an activating group) is 2. The van der Waals surface area contributed by atoms with Crippen LogP contribution in [-0.4, -0.2) is 47.3 Å². The molecule has 0 saturated heterocycles. The number of aromatic nitrogens is 2. The Hall–Kier alpha value is -2.49. The van der Waals surface area contributed by atoms with E-state index in [1.54, 1.807) is 23.7 Å². The summed E-state index contributed by atoms with van der Waals surface area (Å²) in [6.45, 7) is 3.71. The summed E-state index contributed by atoms with van der Waals surface area (Å²) < 4.78 is 38.1. The van der Waals surface area contributed by atoms with Crippen molar-refractivity contribution in [3.8, 4) is 0 Å². The van der Waals surface area contributed by atoms with Crippen LogP contribution in [-0.2, 0) is 11.0 Å². The number of anilines is 3. The lowest BCUT2D eigenvalue weighted by Crippen LogP contribution is -2.50. The van der Waals surface area contributed by atoms with Crippen LogP contribution < -0.4 is 15.1 Å². The molecule has 1 N–H and O–H groups in total. The van der Waals surface area contributed by atoms with Crippen molar-refractivity contribution in [3.63, 3.8) is 0 Å². The van der Waals surface area contributed by atoms with E-state index in [0.717, 1.165) is 47.1 Å². The highest BCUT2D eigenvalue weighted by Gasteiger charge is 2.36. The molecule has 2 aromatic rings. The average molecular weight is 452 g/mol. The number of nitrogens with one attached hydrogen (secondary N) is 1. The third-order valence-corrected chi connectivity index (χ3v) is 7.15. The fourth-order valence-electron chi connectivity index (χ4n) is 3.87. The molecule has 1 aromatic heterocycles. The van der Waals surface area contributed by atoms with Crippen LogP contribution in [0.25, 0.3) is 0 Å². The first-order chi connectivity index (χ1) is 14.5. The number of thioether (sulfide) groups is 1. The van der Waals surface area contributed by atoms with Gasteiger partial charge in [-0.2, -0.15) is 18.2 Å². The number of benzene rings is 1. The summed E-state index contributed by atoms with van der Waals surface area (Å²) in [5, 5.41) is 3.69. The molecule has 31 heavy (non-hydrogen) atoms. The van der Waals surface area contributed by atoms with Crippen LogP contribution in [0.5, 0.6) is 0 Å². The van der Waals surface area contributed by atoms with Crippen molar-refractivity contribution in [2.75, 3.05) is 29.2 Å². The fourth-order valence-corrected chi connectivity index (χ4v) is 5.21. The number of carbonyl (C=O) groups excluding carboxylic acids is 1. The van der Waals surface area contributed by atoms with Crippen molar-refractivity contribution in [1.82, 2.24) is 9.97 Å². The quantitative estimate of drug-likeness (QED) is 0.746. The molecule has 166 valence electrons. The molecule has 0 spiro atoms. The van der Waals surface area contributed by atoms with Crippen LogP contribution in [0.4, 0.5) is 30.6 Å². The smallest absolute Gasteiger partial charge is 0.351 e. The van der Waals surface area contributed by atoms with Gasteiger partial charge in [0.25, 0.3) is 0 Å². The number of carbonyl (C=O) groups is 1. The SMILES string of the molecule is Cc1nc(N[C@H]2C[C@H](Sc3ccc(C(F)(F)F)cc3)C2)nc2c1N(C)C(=O)[C@H](C)N2C. The van der Waals surface area contributed by atoms with Gasteiger partial charge in [0.15, 0.2) is 5.82 Å². The molecule has 0 radical (unpaired) electrons. The molecule has 10 heteroatoms. The zero-order chi connectivity index (χ0) is 22.5. The second-order valence-electron chi connectivity index (χ2n) is 8.06. The van der Waals surface area contributed by atoms with Crippen molar-refractivity contribution < 1.29 is 18.0 Å². The van der Waals surface area contributed by atoms with Gasteiger partial charge in [0.05, 0.1) is 11.3 Å². The molecule has 0 unspecified atom stereocenters. The molecule has 2 heterocycles. The van der Waals surface area contributed by atoms with E-state index in [2.05, 4.69) is 15.3 Å². The number of nitrogens with zero attached hydrogens (tertiary/aromatic N) is 4. The number of aryl methyl sites for hydroxylation is 1. The Morgan fingerprint density at radius 2 is 1.77 bits per heavy atom. The van der Waals surface area contributed by atoms with Crippen molar-refractivity contribution in [2.24, 2.45) is 0 Å². The predicted octanol–water partition coefficient (Wildman–Crippen LogP) is 4.34. The molecular formula is C21H24F3N5OS. The fraction of sp³-hybridized carbons (Fsp3) is 0.476. The van der Waals surface area contributed by atoms with E-state index in [1.807, 2.05) is 25.8 Å². The maximum atomic E-state index is 12.7. The number of amides is 1. The number of alkyl halides is 3. The molecule has 1 aliphatic carbocycles. The molecule has 2 aliphatic rings. The minimum absolute atomic E-state index is 0.00420. The minimum Gasteiger partial charge on any atom is -0.351 e. The zero-order valence-electron chi connectivity index (χ0n) is 17.7. The Labute approximate surface area is 183 Å². The minimum atomic E-state index is -4.31. The lowest BCUT2D eigenvalue weighted by molar-refractivity contribution is -0.137. The Bertz CT molecular complexity index is 992. The van der Waals surface area contributed by atoms with E-state index in [1.165, 1.54) is 12.1 Å². The lowest BCUT2D eigenvalue weighted by Gasteiger charge is -2.38. The Balaban J connectivity index is 1.38. The van der Waals surface area contributed by atoms with Crippen LogP contribution in [0, 0.1) is 6.92 Å². The summed E-state index contributed by atoms with van der Waals surface area (Å²) in [6, 6.07) is 5.21. The van der Waals surface area contributed by atoms with E-state index < -0.39 is 11.7 Å². The molecule has 4 rings (SSSR count). The maximum absolute atomic E-state index is 12.7. The standard InChI is InChI=1S/C21H24F3N5OS/c1-11-17-18(28(3)12(2)19(30)29(17)4)27-20(25-11)26-14-9-16(10-14)31-15-7-5-13(6-8-15)21(22,23)24/h5-8,12,14,16H,9-10H2,1-4H3,(H,25,26,27)/t12-,14-,16-/m0/s1. The summed E-state index contributed by atoms with van der Waals surface area (Å²) in [4.78, 5) is 25.9. The monoisotopic (exact) mass is 451 g/mol. The van der Waals surface area contributed by atoms with E-state index in [4.69, 9.17) is 0 Å². The predicted molar refractivity (Wildman–Crippen MR) is 116 cm³/mol. The molecule has 1 fully saturated rings. The summed E-state index contributed by atoms with van der Waals surface area (Å²) in [7, 11) is 3.59. The van der Waals surface area contributed by atoms with Gasteiger partial charge in [0, 0.05) is 30.3 Å². The van der Waals surface area contributed by atoms with Gasteiger partial charge in [-0.05, 0) is 51.0 Å². The molecule has 1 atom stereocenters. The number of hydrogen-bond acceptors (Lipinski definition) is 6. The molecule has 1 aromatic carbocycles. The normalized spacial score (nSPS) is 23.5. The van der Waals surface area contributed by atoms with Crippen LogP contribution in [0.1, 0.15) is 31.0 Å². The molecule has 0 bridgehead atoms. The lowest BCUT2D eigenvalue weighted by atomic mass is 9.92. The number of halogens is 3. The van der Waals surface area contributed by atoms with E-state index in [0.29, 0.717) is 11.2 Å². The average Bonchev–Trinajstić information content (AvgIpc) is 2.68. The summed E-state index contributed by atoms with van der Waals surface area (Å²) in [5.74, 6) is 1.25. The third-order valence-electron chi connectivity index (χ3n) is 5.89. The Kier molecular flexibility index (Phi) is 5.53. The van der Waals surface area contributed by atoms with Gasteiger partial charge in [0.2, 0.25) is 11.9 Å². The Morgan fingerprint density at radius 1 is 1.13 bits per heavy atom. The van der Waals surface area contributed by atoms with Crippen molar-refractivity contribution in [3.05, 3.63) is 35.5 Å². The maximum Gasteiger partial charge on any atom is 0.416 e. The van der Waals surface area contributed by atoms with Gasteiger partial charge in [-0.3, -0.25) is 4.79 Å². The van der Waals surface area contributed by atoms with Gasteiger partial charge in [0.1, 0.15) is 11.7 Å². The van der Waals surface area contributed by atoms with Crippen molar-refractivity contribution in [1.29, 1.82) is 0 Å². The third kappa shape index (κ3) is 4.17. The summed E-state index contributed by atoms with van der Waals surface area (Å²) >= 11 is 1.59. The molecular weight excluding hydrogens is 427 g/mol. The highest BCUT2D eigenvalue weighted by molar-refractivity contribution is 8.00. The molecule has 1 aliphatic heterocycles. The van der Waals surface area contributed by atoms with Crippen molar-refractivity contribution >= 4 is 35.1 Å². The van der Waals surface area contributed by atoms with Gasteiger partial charge in [-0.15, -0.1) is 11.8 Å². The second kappa shape index (κ2) is 7.89. The summed E-state index contributed by atoms with van der Waals surface area (Å²) in [6.07, 6.45) is -2.57. The van der Waals surface area contributed by atoms with E-state index in [-0.39, 0.29) is 18.0 Å². The van der Waals surface area contributed by atoms with Gasteiger partial charge in [-0.1, -0.05) is 0 Å². The summed E-state index contributed by atoms with van der Waals surface area (Å²) in [5.41, 5.74) is 0.828. The number of rotatable bonds is 4. The van der Waals surface area contributed by atoms with Crippen LogP contribution in [0.2, 0.25) is 0 Å². The van der Waals surface area contributed by atoms with Gasteiger partial charge >= 0.3 is 6.18 Å². The van der Waals surface area contributed by atoms with Crippen LogP contribution in [0.3, 0.4) is 0 Å². The van der Waals surface area contributed by atoms with Gasteiger partial charge < -0.3 is 15.1 Å². The van der Waals surface area contributed by atoms with Gasteiger partial charge in [-0.25, -0.2) is 4.98 Å². The van der Waals surface area contributed by atoms with E-state index >= 15 is 0 Å². The first-order valence-electron chi connectivity index (χ1n) is 10.0. The second-order valence-corrected chi connectivity index (χ2v) is 9.44. The zero-order valence-corrected chi connectivity index (χ0v) is 18.5. The molecule has 1 saturated carbocycles. The molecule has 1 amide bonds. The van der Waals surface area contributed by atoms with Crippen molar-refractivity contribution in [2.45, 2.75) is 55.1 Å². The highest BCUT2D eigenvalue weighted by atomic mass is 32.2. The van der Waals surface area contributed by atoms with E-state index in [9.17, 15) is 18.0 Å². The van der Waals surface area contributed by atoms with Crippen LogP contribution >= 0.6 is 11.8 Å². The Morgan fingerprint density at radius 3 is 2.39 bits per heavy atom. The van der Waals surface area contributed by atoms with Crippen LogP contribution in [0.15, 0.2) is 29.2 Å². The number of fused-ring (bicyclic) bond motifs is 1.